The molecule has 9 rings (SSSR count). The van der Waals surface area contributed by atoms with Crippen LogP contribution in [0.4, 0.5) is 21.6 Å². The van der Waals surface area contributed by atoms with E-state index in [4.69, 9.17) is 0 Å². The third-order valence-corrected chi connectivity index (χ3v) is 12.6. The second-order valence-corrected chi connectivity index (χ2v) is 16.0. The van der Waals surface area contributed by atoms with Gasteiger partial charge in [-0.25, -0.2) is 4.39 Å². The molecule has 1 unspecified atom stereocenters. The summed E-state index contributed by atoms with van der Waals surface area (Å²) in [5.74, 6) is 0.759. The van der Waals surface area contributed by atoms with E-state index in [-0.39, 0.29) is 37.0 Å². The van der Waals surface area contributed by atoms with Gasteiger partial charge in [0.1, 0.15) is 17.6 Å². The molecule has 1 aromatic heterocycles. The summed E-state index contributed by atoms with van der Waals surface area (Å²) in [5, 5.41) is 25.1. The molecule has 2 aromatic carbocycles. The lowest BCUT2D eigenvalue weighted by atomic mass is 9.92. The van der Waals surface area contributed by atoms with Crippen molar-refractivity contribution >= 4 is 34.9 Å². The number of likely N-dealkylation sites (tertiary alicyclic amines) is 1. The van der Waals surface area contributed by atoms with Gasteiger partial charge in [-0.1, -0.05) is 12.1 Å². The third kappa shape index (κ3) is 6.74. The van der Waals surface area contributed by atoms with Crippen LogP contribution >= 0.6 is 0 Å². The van der Waals surface area contributed by atoms with Gasteiger partial charge in [0.25, 0.3) is 5.91 Å². The molecule has 0 radical (unpaired) electrons. The lowest BCUT2D eigenvalue weighted by Gasteiger charge is -2.47. The fourth-order valence-electron chi connectivity index (χ4n) is 9.60. The van der Waals surface area contributed by atoms with E-state index in [1.807, 2.05) is 18.2 Å². The van der Waals surface area contributed by atoms with Gasteiger partial charge in [0.15, 0.2) is 5.82 Å². The Labute approximate surface area is 314 Å². The Morgan fingerprint density at radius 1 is 0.796 bits per heavy atom. The molecular weight excluding hydrogens is 689 g/mol. The van der Waals surface area contributed by atoms with Gasteiger partial charge in [-0.15, -0.1) is 10.2 Å². The molecular formula is C40H48FN9O4. The summed E-state index contributed by atoms with van der Waals surface area (Å²) < 4.78 is 15.4. The number of aromatic nitrogens is 2. The quantitative estimate of drug-likeness (QED) is 0.308. The van der Waals surface area contributed by atoms with Crippen LogP contribution in [-0.2, 0) is 16.1 Å². The number of para-hydroxylation sites is 1. The monoisotopic (exact) mass is 737 g/mol. The highest BCUT2D eigenvalue weighted by Crippen LogP contribution is 2.37. The van der Waals surface area contributed by atoms with Gasteiger partial charge in [-0.3, -0.25) is 24.6 Å². The van der Waals surface area contributed by atoms with E-state index in [0.29, 0.717) is 40.4 Å². The number of nitrogens with zero attached hydrogens (tertiary/aromatic N) is 7. The number of imide groups is 1. The van der Waals surface area contributed by atoms with E-state index < -0.39 is 17.8 Å². The number of hydrogen-bond acceptors (Lipinski definition) is 11. The Bertz CT molecular complexity index is 1950. The zero-order chi connectivity index (χ0) is 36.9. The number of benzene rings is 2. The molecule has 3 amide bonds. The maximum absolute atomic E-state index is 15.4. The molecule has 0 saturated carbocycles. The number of phenols is 1. The van der Waals surface area contributed by atoms with Crippen LogP contribution in [0.5, 0.6) is 5.75 Å². The summed E-state index contributed by atoms with van der Waals surface area (Å²) in [7, 11) is 0. The summed E-state index contributed by atoms with van der Waals surface area (Å²) >= 11 is 0. The Balaban J connectivity index is 0.732. The second kappa shape index (κ2) is 14.4. The van der Waals surface area contributed by atoms with E-state index in [1.165, 1.54) is 23.8 Å². The molecule has 6 aliphatic rings. The van der Waals surface area contributed by atoms with E-state index in [9.17, 15) is 19.5 Å². The van der Waals surface area contributed by atoms with Gasteiger partial charge in [-0.05, 0) is 92.9 Å². The zero-order valence-electron chi connectivity index (χ0n) is 30.6. The lowest BCUT2D eigenvalue weighted by Crippen LogP contribution is -2.58. The topological polar surface area (TPSA) is 137 Å². The SMILES string of the molecule is O=C1CCC(N2Cc3cc(N4CCC(CN5CCC(CN6CCN7c8cc(-c9ccccc9O)nnc8NC[C@H]7C6)CC5)CC4)c(F)cc3C2=O)C(=O)N1. The zero-order valence-corrected chi connectivity index (χ0v) is 30.6. The summed E-state index contributed by atoms with van der Waals surface area (Å²) in [4.78, 5) is 48.5. The van der Waals surface area contributed by atoms with Crippen molar-refractivity contribution in [2.45, 2.75) is 57.2 Å². The van der Waals surface area contributed by atoms with E-state index in [2.05, 4.69) is 46.5 Å². The fourth-order valence-corrected chi connectivity index (χ4v) is 9.60. The first-order chi connectivity index (χ1) is 26.3. The van der Waals surface area contributed by atoms with Crippen LogP contribution in [0.25, 0.3) is 11.3 Å². The molecule has 284 valence electrons. The largest absolute Gasteiger partial charge is 0.507 e. The molecule has 3 aromatic rings. The van der Waals surface area contributed by atoms with Crippen molar-refractivity contribution in [1.82, 2.24) is 30.2 Å². The van der Waals surface area contributed by atoms with Crippen LogP contribution in [0.3, 0.4) is 0 Å². The number of fused-ring (bicyclic) bond motifs is 4. The number of rotatable bonds is 7. The minimum absolute atomic E-state index is 0.192. The summed E-state index contributed by atoms with van der Waals surface area (Å²) in [6.07, 6.45) is 4.90. The number of phenolic OH excluding ortho intramolecular Hbond substituents is 1. The molecule has 3 N–H and O–H groups in total. The van der Waals surface area contributed by atoms with Gasteiger partial charge in [0.05, 0.1) is 23.1 Å². The van der Waals surface area contributed by atoms with Crippen LogP contribution in [0.1, 0.15) is 54.4 Å². The normalized spacial score (nSPS) is 24.2. The van der Waals surface area contributed by atoms with Gasteiger partial charge >= 0.3 is 0 Å². The minimum Gasteiger partial charge on any atom is -0.507 e. The van der Waals surface area contributed by atoms with Crippen LogP contribution in [-0.4, -0.2) is 125 Å². The van der Waals surface area contributed by atoms with Gasteiger partial charge in [0, 0.05) is 76.5 Å². The smallest absolute Gasteiger partial charge is 0.255 e. The Morgan fingerprint density at radius 2 is 1.56 bits per heavy atom. The number of amides is 3. The number of piperazine rings is 1. The number of carbonyl (C=O) groups excluding carboxylic acids is 3. The second-order valence-electron chi connectivity index (χ2n) is 16.0. The van der Waals surface area contributed by atoms with Crippen molar-refractivity contribution < 1.29 is 23.9 Å². The molecule has 0 bridgehead atoms. The first-order valence-corrected chi connectivity index (χ1v) is 19.6. The standard InChI is InChI=1S/C40H48FN9O4/c41-31-18-30-27(23-50(40(30)54)33-5-6-37(52)43-39(33)53)17-34(31)48-13-9-26(10-14-48)21-46-11-7-25(8-12-46)22-47-15-16-49-28(24-47)20-42-38-35(49)19-32(44-45-38)29-3-1-2-4-36(29)51/h1-4,17-19,25-26,28,33,51H,5-16,20-24H2,(H,42,45)(H,43,52,53)/t28-,33?/m0/s1. The number of piperidine rings is 3. The van der Waals surface area contributed by atoms with Crippen LogP contribution in [0.2, 0.25) is 0 Å². The van der Waals surface area contributed by atoms with E-state index in [1.54, 1.807) is 12.1 Å². The highest BCUT2D eigenvalue weighted by Gasteiger charge is 2.40. The Hall–Kier alpha value is -4.82. The number of halogens is 1. The summed E-state index contributed by atoms with van der Waals surface area (Å²) in [6.45, 7) is 10.1. The van der Waals surface area contributed by atoms with Crippen LogP contribution in [0.15, 0.2) is 42.5 Å². The van der Waals surface area contributed by atoms with E-state index >= 15 is 4.39 Å². The number of carbonyl (C=O) groups is 3. The van der Waals surface area contributed by atoms with Crippen molar-refractivity contribution in [2.75, 3.05) is 80.6 Å². The van der Waals surface area contributed by atoms with Gasteiger partial charge in [0.2, 0.25) is 11.8 Å². The fraction of sp³-hybridized carbons (Fsp3) is 0.525. The Morgan fingerprint density at radius 3 is 2.33 bits per heavy atom. The number of nitrogens with one attached hydrogen (secondary N) is 2. The van der Waals surface area contributed by atoms with Crippen molar-refractivity contribution in [2.24, 2.45) is 11.8 Å². The Kier molecular flexibility index (Phi) is 9.34. The van der Waals surface area contributed by atoms with Crippen molar-refractivity contribution in [1.29, 1.82) is 0 Å². The first-order valence-electron chi connectivity index (χ1n) is 19.6. The maximum atomic E-state index is 15.4. The van der Waals surface area contributed by atoms with Gasteiger partial charge in [-0.2, -0.15) is 0 Å². The minimum atomic E-state index is -0.706. The highest BCUT2D eigenvalue weighted by molar-refractivity contribution is 6.05. The molecule has 7 heterocycles. The number of anilines is 3. The van der Waals surface area contributed by atoms with Crippen LogP contribution in [0, 0.1) is 17.7 Å². The highest BCUT2D eigenvalue weighted by atomic mass is 19.1. The number of aromatic hydroxyl groups is 1. The summed E-state index contributed by atoms with van der Waals surface area (Å²) in [6, 6.07) is 12.1. The number of hydrogen-bond donors (Lipinski definition) is 3. The van der Waals surface area contributed by atoms with Gasteiger partial charge < -0.3 is 30.0 Å². The molecule has 4 saturated heterocycles. The molecule has 0 spiro atoms. The molecule has 14 heteroatoms. The molecule has 4 fully saturated rings. The lowest BCUT2D eigenvalue weighted by molar-refractivity contribution is -0.136. The summed E-state index contributed by atoms with van der Waals surface area (Å²) in [5.41, 5.74) is 4.02. The average molecular weight is 738 g/mol. The predicted molar refractivity (Wildman–Crippen MR) is 202 cm³/mol. The molecule has 54 heavy (non-hydrogen) atoms. The third-order valence-electron chi connectivity index (χ3n) is 12.6. The first kappa shape index (κ1) is 34.9. The van der Waals surface area contributed by atoms with Crippen molar-refractivity contribution in [3.8, 4) is 17.0 Å². The van der Waals surface area contributed by atoms with Crippen molar-refractivity contribution in [3.63, 3.8) is 0 Å². The molecule has 13 nitrogen and oxygen atoms in total. The average Bonchev–Trinajstić information content (AvgIpc) is 3.49. The van der Waals surface area contributed by atoms with Crippen LogP contribution < -0.4 is 20.4 Å². The molecule has 2 atom stereocenters. The molecule has 6 aliphatic heterocycles. The molecule has 0 aliphatic carbocycles. The maximum Gasteiger partial charge on any atom is 0.255 e. The van der Waals surface area contributed by atoms with Crippen molar-refractivity contribution in [3.05, 3.63) is 59.4 Å². The predicted octanol–water partition coefficient (Wildman–Crippen LogP) is 3.29. The van der Waals surface area contributed by atoms with E-state index in [0.717, 1.165) is 95.4 Å².